The van der Waals surface area contributed by atoms with Crippen LogP contribution in [0.25, 0.3) is 10.9 Å². The van der Waals surface area contributed by atoms with Crippen LogP contribution in [0.5, 0.6) is 0 Å². The first-order chi connectivity index (χ1) is 9.15. The molecule has 0 aliphatic rings. The molecule has 2 aromatic rings. The number of benzene rings is 1. The third kappa shape index (κ3) is 2.83. The van der Waals surface area contributed by atoms with Gasteiger partial charge in [0.05, 0.1) is 17.1 Å². The Labute approximate surface area is 113 Å². The minimum atomic E-state index is 0.153. The number of aromatic nitrogens is 1. The number of nitrogens with one attached hydrogen (secondary N) is 1. The lowest BCUT2D eigenvalue weighted by molar-refractivity contribution is 0.530. The first kappa shape index (κ1) is 13.3. The summed E-state index contributed by atoms with van der Waals surface area (Å²) >= 11 is 0. The Bertz CT molecular complexity index is 613. The third-order valence-corrected chi connectivity index (χ3v) is 3.23. The molecule has 1 unspecified atom stereocenters. The highest BCUT2D eigenvalue weighted by molar-refractivity contribution is 5.86. The summed E-state index contributed by atoms with van der Waals surface area (Å²) in [5, 5.41) is 13.4. The molecule has 0 amide bonds. The van der Waals surface area contributed by atoms with E-state index in [2.05, 4.69) is 30.2 Å². The molecule has 0 saturated heterocycles. The fourth-order valence-corrected chi connectivity index (χ4v) is 2.03. The Morgan fingerprint density at radius 3 is 2.74 bits per heavy atom. The van der Waals surface area contributed by atoms with Crippen LogP contribution in [0, 0.1) is 17.2 Å². The van der Waals surface area contributed by atoms with Gasteiger partial charge >= 0.3 is 0 Å². The lowest BCUT2D eigenvalue weighted by Gasteiger charge is -2.21. The zero-order chi connectivity index (χ0) is 13.8. The number of hydrogen-bond donors (Lipinski definition) is 2. The molecular weight excluding hydrogens is 236 g/mol. The molecular formula is C15H18N4. The molecule has 2 rings (SSSR count). The normalized spacial score (nSPS) is 12.4. The first-order valence-corrected chi connectivity index (χ1v) is 6.42. The predicted molar refractivity (Wildman–Crippen MR) is 77.8 cm³/mol. The molecule has 0 bridgehead atoms. The quantitative estimate of drug-likeness (QED) is 0.879. The number of para-hydroxylation sites is 1. The number of fused-ring (bicyclic) bond motifs is 1. The molecule has 0 saturated carbocycles. The first-order valence-electron chi connectivity index (χ1n) is 6.42. The second kappa shape index (κ2) is 5.68. The van der Waals surface area contributed by atoms with Gasteiger partial charge in [-0.2, -0.15) is 5.26 Å². The van der Waals surface area contributed by atoms with Crippen LogP contribution in [0.4, 0.5) is 5.82 Å². The van der Waals surface area contributed by atoms with Gasteiger partial charge in [0.15, 0.2) is 0 Å². The minimum absolute atomic E-state index is 0.153. The molecule has 3 N–H and O–H groups in total. The standard InChI is InChI=1S/C15H18N4/c1-10(2)14(9-17)19-15-7-11(8-16)12-5-3-4-6-13(12)18-15/h3-7,10,14H,9,17H2,1-2H3,(H,18,19). The van der Waals surface area contributed by atoms with E-state index < -0.39 is 0 Å². The zero-order valence-electron chi connectivity index (χ0n) is 11.2. The number of nitriles is 1. The fourth-order valence-electron chi connectivity index (χ4n) is 2.03. The Morgan fingerprint density at radius 2 is 2.11 bits per heavy atom. The second-order valence-corrected chi connectivity index (χ2v) is 4.91. The summed E-state index contributed by atoms with van der Waals surface area (Å²) < 4.78 is 0. The molecule has 0 radical (unpaired) electrons. The minimum Gasteiger partial charge on any atom is -0.366 e. The van der Waals surface area contributed by atoms with Crippen LogP contribution in [0.15, 0.2) is 30.3 Å². The molecule has 0 aliphatic carbocycles. The van der Waals surface area contributed by atoms with E-state index in [1.54, 1.807) is 6.07 Å². The van der Waals surface area contributed by atoms with Crippen LogP contribution in [-0.4, -0.2) is 17.6 Å². The summed E-state index contributed by atoms with van der Waals surface area (Å²) in [6.07, 6.45) is 0. The Hall–Kier alpha value is -2.12. The van der Waals surface area contributed by atoms with Gasteiger partial charge in [-0.25, -0.2) is 4.98 Å². The van der Waals surface area contributed by atoms with E-state index in [-0.39, 0.29) is 6.04 Å². The lowest BCUT2D eigenvalue weighted by atomic mass is 10.0. The molecule has 0 spiro atoms. The van der Waals surface area contributed by atoms with Crippen molar-refractivity contribution in [2.45, 2.75) is 19.9 Å². The molecule has 1 atom stereocenters. The van der Waals surface area contributed by atoms with Crippen LogP contribution in [-0.2, 0) is 0 Å². The average molecular weight is 254 g/mol. The maximum Gasteiger partial charge on any atom is 0.128 e. The molecule has 19 heavy (non-hydrogen) atoms. The Morgan fingerprint density at radius 1 is 1.37 bits per heavy atom. The van der Waals surface area contributed by atoms with E-state index >= 15 is 0 Å². The number of pyridine rings is 1. The molecule has 1 aromatic heterocycles. The second-order valence-electron chi connectivity index (χ2n) is 4.91. The van der Waals surface area contributed by atoms with E-state index in [0.717, 1.165) is 10.9 Å². The van der Waals surface area contributed by atoms with Gasteiger partial charge in [0.1, 0.15) is 5.82 Å². The summed E-state index contributed by atoms with van der Waals surface area (Å²) in [6, 6.07) is 11.8. The summed E-state index contributed by atoms with van der Waals surface area (Å²) in [7, 11) is 0. The van der Waals surface area contributed by atoms with Crippen LogP contribution < -0.4 is 11.1 Å². The molecule has 98 valence electrons. The van der Waals surface area contributed by atoms with Crippen molar-refractivity contribution in [2.24, 2.45) is 11.7 Å². The van der Waals surface area contributed by atoms with Crippen molar-refractivity contribution >= 4 is 16.7 Å². The zero-order valence-corrected chi connectivity index (χ0v) is 11.2. The fraction of sp³-hybridized carbons (Fsp3) is 0.333. The largest absolute Gasteiger partial charge is 0.366 e. The van der Waals surface area contributed by atoms with Gasteiger partial charge in [-0.1, -0.05) is 32.0 Å². The van der Waals surface area contributed by atoms with Gasteiger partial charge in [-0.15, -0.1) is 0 Å². The van der Waals surface area contributed by atoms with Crippen molar-refractivity contribution in [3.05, 3.63) is 35.9 Å². The maximum absolute atomic E-state index is 9.23. The average Bonchev–Trinajstić information content (AvgIpc) is 2.43. The van der Waals surface area contributed by atoms with Crippen molar-refractivity contribution in [1.29, 1.82) is 5.26 Å². The van der Waals surface area contributed by atoms with Gasteiger partial charge < -0.3 is 11.1 Å². The smallest absolute Gasteiger partial charge is 0.128 e. The maximum atomic E-state index is 9.23. The van der Waals surface area contributed by atoms with Crippen molar-refractivity contribution < 1.29 is 0 Å². The van der Waals surface area contributed by atoms with Crippen LogP contribution >= 0.6 is 0 Å². The highest BCUT2D eigenvalue weighted by Gasteiger charge is 2.13. The van der Waals surface area contributed by atoms with E-state index in [1.807, 2.05) is 24.3 Å². The summed E-state index contributed by atoms with van der Waals surface area (Å²) in [4.78, 5) is 4.54. The van der Waals surface area contributed by atoms with E-state index in [4.69, 9.17) is 5.73 Å². The van der Waals surface area contributed by atoms with Gasteiger partial charge in [-0.3, -0.25) is 0 Å². The van der Waals surface area contributed by atoms with E-state index in [0.29, 0.717) is 23.8 Å². The molecule has 0 fully saturated rings. The molecule has 4 nitrogen and oxygen atoms in total. The summed E-state index contributed by atoms with van der Waals surface area (Å²) in [6.45, 7) is 4.75. The highest BCUT2D eigenvalue weighted by atomic mass is 15.0. The van der Waals surface area contributed by atoms with Crippen LogP contribution in [0.1, 0.15) is 19.4 Å². The molecule has 1 aromatic carbocycles. The number of nitrogens with zero attached hydrogens (tertiary/aromatic N) is 2. The van der Waals surface area contributed by atoms with E-state index in [9.17, 15) is 5.26 Å². The van der Waals surface area contributed by atoms with Crippen molar-refractivity contribution in [3.63, 3.8) is 0 Å². The van der Waals surface area contributed by atoms with Crippen molar-refractivity contribution in [1.82, 2.24) is 4.98 Å². The molecule has 1 heterocycles. The summed E-state index contributed by atoms with van der Waals surface area (Å²) in [5.74, 6) is 1.11. The number of anilines is 1. The molecule has 0 aliphatic heterocycles. The van der Waals surface area contributed by atoms with Gasteiger partial charge in [0.2, 0.25) is 0 Å². The Kier molecular flexibility index (Phi) is 3.98. The summed E-state index contributed by atoms with van der Waals surface area (Å²) in [5.41, 5.74) is 7.20. The van der Waals surface area contributed by atoms with E-state index in [1.165, 1.54) is 0 Å². The Balaban J connectivity index is 2.42. The van der Waals surface area contributed by atoms with Gasteiger partial charge in [-0.05, 0) is 18.1 Å². The number of nitrogens with two attached hydrogens (primary N) is 1. The van der Waals surface area contributed by atoms with Crippen LogP contribution in [0.3, 0.4) is 0 Å². The van der Waals surface area contributed by atoms with Crippen LogP contribution in [0.2, 0.25) is 0 Å². The topological polar surface area (TPSA) is 74.7 Å². The van der Waals surface area contributed by atoms with Crippen molar-refractivity contribution in [2.75, 3.05) is 11.9 Å². The predicted octanol–water partition coefficient (Wildman–Crippen LogP) is 2.50. The third-order valence-electron chi connectivity index (χ3n) is 3.23. The number of hydrogen-bond acceptors (Lipinski definition) is 4. The monoisotopic (exact) mass is 254 g/mol. The SMILES string of the molecule is CC(C)C(CN)Nc1cc(C#N)c2ccccc2n1. The number of rotatable bonds is 4. The molecule has 4 heteroatoms. The lowest BCUT2D eigenvalue weighted by Crippen LogP contribution is -2.34. The van der Waals surface area contributed by atoms with Gasteiger partial charge in [0.25, 0.3) is 0 Å². The highest BCUT2D eigenvalue weighted by Crippen LogP contribution is 2.21. The van der Waals surface area contributed by atoms with Crippen molar-refractivity contribution in [3.8, 4) is 6.07 Å². The van der Waals surface area contributed by atoms with Gasteiger partial charge in [0, 0.05) is 18.0 Å².